The average molecular weight is 430 g/mol. The van der Waals surface area contributed by atoms with Crippen LogP contribution in [-0.4, -0.2) is 22.6 Å². The first-order valence-electron chi connectivity index (χ1n) is 8.59. The molecule has 2 aromatic carbocycles. The zero-order valence-corrected chi connectivity index (χ0v) is 17.1. The summed E-state index contributed by atoms with van der Waals surface area (Å²) < 4.78 is 0. The molecule has 1 aliphatic rings. The van der Waals surface area contributed by atoms with Crippen molar-refractivity contribution in [2.24, 2.45) is 0 Å². The van der Waals surface area contributed by atoms with Crippen LogP contribution in [0.3, 0.4) is 0 Å². The minimum atomic E-state index is -0.144. The number of amides is 2. The van der Waals surface area contributed by atoms with E-state index in [1.807, 2.05) is 41.8 Å². The molecule has 0 saturated heterocycles. The van der Waals surface area contributed by atoms with E-state index in [2.05, 4.69) is 15.6 Å². The molecule has 0 saturated carbocycles. The quantitative estimate of drug-likeness (QED) is 0.621. The fraction of sp³-hybridized carbons (Fsp3) is 0.150. The lowest BCUT2D eigenvalue weighted by Crippen LogP contribution is -2.19. The van der Waals surface area contributed by atoms with E-state index < -0.39 is 0 Å². The molecule has 5 nitrogen and oxygen atoms in total. The highest BCUT2D eigenvalue weighted by molar-refractivity contribution is 8.00. The summed E-state index contributed by atoms with van der Waals surface area (Å²) in [5.41, 5.74) is 3.21. The number of fused-ring (bicyclic) bond motifs is 1. The number of halogens is 1. The third-order valence-corrected chi connectivity index (χ3v) is 6.29. The van der Waals surface area contributed by atoms with Crippen LogP contribution in [-0.2, 0) is 22.4 Å². The van der Waals surface area contributed by atoms with Gasteiger partial charge in [-0.05, 0) is 35.9 Å². The van der Waals surface area contributed by atoms with Gasteiger partial charge in [0.2, 0.25) is 11.8 Å². The normalized spacial score (nSPS) is 13.0. The molecule has 0 radical (unpaired) electrons. The molecule has 0 atom stereocenters. The lowest BCUT2D eigenvalue weighted by Gasteiger charge is -2.17. The van der Waals surface area contributed by atoms with E-state index in [9.17, 15) is 9.59 Å². The maximum atomic E-state index is 12.4. The number of carbonyl (C=O) groups excluding carboxylic acids is 2. The molecule has 8 heteroatoms. The van der Waals surface area contributed by atoms with Gasteiger partial charge in [-0.1, -0.05) is 23.7 Å². The van der Waals surface area contributed by atoms with E-state index in [4.69, 9.17) is 11.6 Å². The van der Waals surface area contributed by atoms with Crippen molar-refractivity contribution in [3.63, 3.8) is 0 Å². The monoisotopic (exact) mass is 429 g/mol. The second-order valence-corrected chi connectivity index (χ2v) is 8.71. The van der Waals surface area contributed by atoms with Crippen LogP contribution in [0.2, 0.25) is 5.02 Å². The van der Waals surface area contributed by atoms with Crippen LogP contribution in [0.4, 0.5) is 11.4 Å². The van der Waals surface area contributed by atoms with Gasteiger partial charge in [0.1, 0.15) is 0 Å². The fourth-order valence-electron chi connectivity index (χ4n) is 2.86. The van der Waals surface area contributed by atoms with Crippen molar-refractivity contribution in [2.75, 3.05) is 16.4 Å². The first kappa shape index (κ1) is 19.0. The summed E-state index contributed by atoms with van der Waals surface area (Å²) in [4.78, 5) is 29.4. The molecule has 1 aliphatic heterocycles. The summed E-state index contributed by atoms with van der Waals surface area (Å²) in [6.07, 6.45) is 0.888. The van der Waals surface area contributed by atoms with E-state index in [-0.39, 0.29) is 18.2 Å². The molecular formula is C20H16ClN3O2S2. The zero-order chi connectivity index (χ0) is 19.5. The number of benzene rings is 2. The summed E-state index contributed by atoms with van der Waals surface area (Å²) in [6.45, 7) is 0. The van der Waals surface area contributed by atoms with Crippen molar-refractivity contribution >= 4 is 57.9 Å². The summed E-state index contributed by atoms with van der Waals surface area (Å²) in [5.74, 6) is 0.241. The van der Waals surface area contributed by atoms with Crippen LogP contribution in [0, 0.1) is 0 Å². The Hall–Kier alpha value is -2.35. The highest BCUT2D eigenvalue weighted by Gasteiger charge is 2.16. The summed E-state index contributed by atoms with van der Waals surface area (Å²) in [7, 11) is 0. The third-order valence-electron chi connectivity index (χ3n) is 4.08. The SMILES string of the molecule is O=C(Cc1csc(Cc2cccc(Cl)c2)n1)Nc1ccc2c(c1)NC(=O)CS2. The summed E-state index contributed by atoms with van der Waals surface area (Å²) in [6, 6.07) is 13.2. The third kappa shape index (κ3) is 4.73. The number of thiazole rings is 1. The summed E-state index contributed by atoms with van der Waals surface area (Å²) in [5, 5.41) is 9.24. The van der Waals surface area contributed by atoms with Crippen molar-refractivity contribution < 1.29 is 9.59 Å². The molecule has 4 rings (SSSR count). The first-order valence-corrected chi connectivity index (χ1v) is 10.8. The Morgan fingerprint density at radius 2 is 2.14 bits per heavy atom. The van der Waals surface area contributed by atoms with Gasteiger partial charge < -0.3 is 10.6 Å². The molecule has 142 valence electrons. The Labute approximate surface area is 175 Å². The number of hydrogen-bond acceptors (Lipinski definition) is 5. The van der Waals surface area contributed by atoms with Gasteiger partial charge >= 0.3 is 0 Å². The van der Waals surface area contributed by atoms with Crippen molar-refractivity contribution in [2.45, 2.75) is 17.7 Å². The molecule has 3 aromatic rings. The lowest BCUT2D eigenvalue weighted by atomic mass is 10.2. The van der Waals surface area contributed by atoms with E-state index in [1.165, 1.54) is 23.1 Å². The van der Waals surface area contributed by atoms with Crippen LogP contribution in [0.1, 0.15) is 16.3 Å². The van der Waals surface area contributed by atoms with Crippen molar-refractivity contribution in [3.05, 3.63) is 69.1 Å². The number of nitrogens with zero attached hydrogens (tertiary/aromatic N) is 1. The molecule has 0 aliphatic carbocycles. The van der Waals surface area contributed by atoms with Crippen LogP contribution in [0.25, 0.3) is 0 Å². The number of aromatic nitrogens is 1. The number of hydrogen-bond donors (Lipinski definition) is 2. The van der Waals surface area contributed by atoms with E-state index in [1.54, 1.807) is 6.07 Å². The minimum absolute atomic E-state index is 0.0318. The topological polar surface area (TPSA) is 71.1 Å². The maximum Gasteiger partial charge on any atom is 0.234 e. The highest BCUT2D eigenvalue weighted by Crippen LogP contribution is 2.33. The van der Waals surface area contributed by atoms with Gasteiger partial charge in [-0.15, -0.1) is 23.1 Å². The summed E-state index contributed by atoms with van der Waals surface area (Å²) >= 11 is 9.04. The van der Waals surface area contributed by atoms with Gasteiger partial charge in [-0.2, -0.15) is 0 Å². The fourth-order valence-corrected chi connectivity index (χ4v) is 4.69. The number of carbonyl (C=O) groups is 2. The van der Waals surface area contributed by atoms with Gasteiger partial charge in [0, 0.05) is 27.4 Å². The van der Waals surface area contributed by atoms with E-state index in [0.717, 1.165) is 26.8 Å². The molecular weight excluding hydrogens is 414 g/mol. The molecule has 1 aromatic heterocycles. The average Bonchev–Trinajstić information content (AvgIpc) is 3.08. The van der Waals surface area contributed by atoms with Crippen LogP contribution in [0.5, 0.6) is 0 Å². The zero-order valence-electron chi connectivity index (χ0n) is 14.7. The molecule has 28 heavy (non-hydrogen) atoms. The Balaban J connectivity index is 1.37. The first-order chi connectivity index (χ1) is 13.5. The molecule has 0 bridgehead atoms. The van der Waals surface area contributed by atoms with Gasteiger partial charge in [0.25, 0.3) is 0 Å². The highest BCUT2D eigenvalue weighted by atomic mass is 35.5. The van der Waals surface area contributed by atoms with Crippen molar-refractivity contribution in [1.82, 2.24) is 4.98 Å². The predicted octanol–water partition coefficient (Wildman–Crippen LogP) is 4.61. The van der Waals surface area contributed by atoms with Crippen molar-refractivity contribution in [3.8, 4) is 0 Å². The Kier molecular flexibility index (Phi) is 5.66. The van der Waals surface area contributed by atoms with E-state index in [0.29, 0.717) is 22.9 Å². The predicted molar refractivity (Wildman–Crippen MR) is 115 cm³/mol. The number of rotatable bonds is 5. The van der Waals surface area contributed by atoms with Gasteiger partial charge in [0.15, 0.2) is 0 Å². The van der Waals surface area contributed by atoms with Crippen LogP contribution >= 0.6 is 34.7 Å². The largest absolute Gasteiger partial charge is 0.326 e. The maximum absolute atomic E-state index is 12.4. The minimum Gasteiger partial charge on any atom is -0.326 e. The molecule has 2 N–H and O–H groups in total. The second-order valence-electron chi connectivity index (χ2n) is 6.31. The Morgan fingerprint density at radius 1 is 1.25 bits per heavy atom. The molecule has 0 fully saturated rings. The molecule has 0 spiro atoms. The van der Waals surface area contributed by atoms with Gasteiger partial charge in [-0.25, -0.2) is 4.98 Å². The molecule has 2 amide bonds. The van der Waals surface area contributed by atoms with Gasteiger partial charge in [-0.3, -0.25) is 9.59 Å². The second kappa shape index (κ2) is 8.34. The van der Waals surface area contributed by atoms with Gasteiger partial charge in [0.05, 0.1) is 28.6 Å². The smallest absolute Gasteiger partial charge is 0.234 e. The van der Waals surface area contributed by atoms with Crippen molar-refractivity contribution in [1.29, 1.82) is 0 Å². The number of nitrogens with one attached hydrogen (secondary N) is 2. The molecule has 2 heterocycles. The Bertz CT molecular complexity index is 1050. The van der Waals surface area contributed by atoms with E-state index >= 15 is 0 Å². The standard InChI is InChI=1S/C20H16ClN3O2S2/c21-13-3-1-2-12(6-13)7-20-23-15(10-28-20)9-18(25)22-14-4-5-17-16(8-14)24-19(26)11-27-17/h1-6,8,10H,7,9,11H2,(H,22,25)(H,24,26). The molecule has 0 unspecified atom stereocenters. The lowest BCUT2D eigenvalue weighted by molar-refractivity contribution is -0.115. The van der Waals surface area contributed by atoms with Crippen LogP contribution in [0.15, 0.2) is 52.7 Å². The van der Waals surface area contributed by atoms with Crippen LogP contribution < -0.4 is 10.6 Å². The Morgan fingerprint density at radius 3 is 3.00 bits per heavy atom. The number of thioether (sulfide) groups is 1. The number of anilines is 2.